The predicted octanol–water partition coefficient (Wildman–Crippen LogP) is 9.22. The van der Waals surface area contributed by atoms with Gasteiger partial charge in [-0.25, -0.2) is 0 Å². The number of hydrogen-bond acceptors (Lipinski definition) is 3. The van der Waals surface area contributed by atoms with Crippen molar-refractivity contribution >= 4 is 51.2 Å². The monoisotopic (exact) mass is 451 g/mol. The first-order chi connectivity index (χ1) is 15.8. The summed E-state index contributed by atoms with van der Waals surface area (Å²) in [6, 6.07) is 37.1. The number of para-hydroxylation sites is 2. The molecule has 5 aromatic rings. The molecule has 0 saturated heterocycles. The third-order valence-corrected chi connectivity index (χ3v) is 6.90. The van der Waals surface area contributed by atoms with E-state index in [4.69, 9.17) is 16.3 Å². The van der Waals surface area contributed by atoms with E-state index in [1.807, 2.05) is 48.5 Å². The average molecular weight is 452 g/mol. The molecule has 0 amide bonds. The molecule has 0 bridgehead atoms. The molecular weight excluding hydrogens is 434 g/mol. The highest BCUT2D eigenvalue weighted by molar-refractivity contribution is 7.99. The molecule has 0 radical (unpaired) electrons. The molecule has 2 nitrogen and oxygen atoms in total. The average Bonchev–Trinajstić information content (AvgIpc) is 2.84. The Kier molecular flexibility index (Phi) is 4.79. The van der Waals surface area contributed by atoms with E-state index in [2.05, 4.69) is 65.6 Å². The van der Waals surface area contributed by atoms with Gasteiger partial charge in [-0.3, -0.25) is 0 Å². The van der Waals surface area contributed by atoms with Gasteiger partial charge in [-0.1, -0.05) is 90.1 Å². The van der Waals surface area contributed by atoms with Crippen molar-refractivity contribution < 1.29 is 4.74 Å². The highest BCUT2D eigenvalue weighted by atomic mass is 35.5. The molecule has 32 heavy (non-hydrogen) atoms. The van der Waals surface area contributed by atoms with Crippen molar-refractivity contribution in [3.63, 3.8) is 0 Å². The summed E-state index contributed by atoms with van der Waals surface area (Å²) >= 11 is 8.36. The van der Waals surface area contributed by atoms with Crippen LogP contribution in [-0.2, 0) is 0 Å². The molecule has 4 heteroatoms. The molecule has 1 heterocycles. The van der Waals surface area contributed by atoms with Crippen LogP contribution in [-0.4, -0.2) is 0 Å². The zero-order valence-corrected chi connectivity index (χ0v) is 18.6. The lowest BCUT2D eigenvalue weighted by molar-refractivity contribution is 0.457. The summed E-state index contributed by atoms with van der Waals surface area (Å²) in [6.45, 7) is 0. The quantitative estimate of drug-likeness (QED) is 0.266. The van der Waals surface area contributed by atoms with Gasteiger partial charge < -0.3 is 9.64 Å². The number of rotatable bonds is 3. The Morgan fingerprint density at radius 1 is 0.688 bits per heavy atom. The summed E-state index contributed by atoms with van der Waals surface area (Å²) in [6.07, 6.45) is 0. The van der Waals surface area contributed by atoms with Crippen molar-refractivity contribution in [2.75, 3.05) is 4.90 Å². The van der Waals surface area contributed by atoms with Crippen LogP contribution in [0.1, 0.15) is 0 Å². The maximum absolute atomic E-state index is 6.65. The van der Waals surface area contributed by atoms with Crippen LogP contribution in [0.25, 0.3) is 10.8 Å². The van der Waals surface area contributed by atoms with Gasteiger partial charge in [0.25, 0.3) is 0 Å². The fraction of sp³-hybridized carbons (Fsp3) is 0. The Bertz CT molecular complexity index is 1400. The molecule has 5 aromatic carbocycles. The summed E-state index contributed by atoms with van der Waals surface area (Å²) in [5.41, 5.74) is 3.00. The van der Waals surface area contributed by atoms with Crippen LogP contribution in [0.4, 0.5) is 17.1 Å². The van der Waals surface area contributed by atoms with Gasteiger partial charge in [0.05, 0.1) is 15.5 Å². The first kappa shape index (κ1) is 19.3. The van der Waals surface area contributed by atoms with E-state index in [0.29, 0.717) is 5.02 Å². The van der Waals surface area contributed by atoms with E-state index < -0.39 is 0 Å². The lowest BCUT2D eigenvalue weighted by Gasteiger charge is -2.30. The topological polar surface area (TPSA) is 12.5 Å². The van der Waals surface area contributed by atoms with E-state index in [1.165, 1.54) is 10.8 Å². The molecule has 0 unspecified atom stereocenters. The van der Waals surface area contributed by atoms with Gasteiger partial charge in [0.15, 0.2) is 5.75 Å². The largest absolute Gasteiger partial charge is 0.453 e. The summed E-state index contributed by atoms with van der Waals surface area (Å²) in [4.78, 5) is 4.32. The van der Waals surface area contributed by atoms with Crippen molar-refractivity contribution in [2.24, 2.45) is 0 Å². The number of fused-ring (bicyclic) bond motifs is 4. The second kappa shape index (κ2) is 7.94. The highest BCUT2D eigenvalue weighted by Crippen LogP contribution is 2.55. The normalized spacial score (nSPS) is 12.0. The Labute approximate surface area is 196 Å². The van der Waals surface area contributed by atoms with E-state index in [1.54, 1.807) is 11.8 Å². The maximum atomic E-state index is 6.65. The standard InChI is InChI=1S/C28H18ClNOS/c29-20-17-24(30(21-10-3-1-4-11-21)22-12-5-2-6-13-22)27-26(18-20)32-28-23-14-8-7-9-19(23)15-16-25(28)31-27/h1-18H. The molecule has 0 aliphatic carbocycles. The Morgan fingerprint density at radius 3 is 2.06 bits per heavy atom. The molecule has 0 fully saturated rings. The molecule has 0 saturated carbocycles. The van der Waals surface area contributed by atoms with Gasteiger partial charge in [-0.15, -0.1) is 0 Å². The number of nitrogens with zero attached hydrogens (tertiary/aromatic N) is 1. The van der Waals surface area contributed by atoms with Gasteiger partial charge in [-0.2, -0.15) is 0 Å². The Hall–Kier alpha value is -3.40. The van der Waals surface area contributed by atoms with E-state index in [0.717, 1.165) is 38.4 Å². The second-order valence-electron chi connectivity index (χ2n) is 7.58. The van der Waals surface area contributed by atoms with Crippen molar-refractivity contribution in [3.05, 3.63) is 114 Å². The minimum Gasteiger partial charge on any atom is -0.453 e. The van der Waals surface area contributed by atoms with Crippen LogP contribution in [0.3, 0.4) is 0 Å². The van der Waals surface area contributed by atoms with Crippen LogP contribution < -0.4 is 9.64 Å². The van der Waals surface area contributed by atoms with E-state index >= 15 is 0 Å². The zero-order valence-electron chi connectivity index (χ0n) is 17.0. The molecule has 6 rings (SSSR count). The van der Waals surface area contributed by atoms with Gasteiger partial charge >= 0.3 is 0 Å². The fourth-order valence-corrected chi connectivity index (χ4v) is 5.54. The van der Waals surface area contributed by atoms with Crippen molar-refractivity contribution in [1.82, 2.24) is 0 Å². The fourth-order valence-electron chi connectivity index (χ4n) is 4.11. The zero-order chi connectivity index (χ0) is 21.5. The van der Waals surface area contributed by atoms with Crippen molar-refractivity contribution in [1.29, 1.82) is 0 Å². The minimum atomic E-state index is 0.676. The molecule has 0 spiro atoms. The second-order valence-corrected chi connectivity index (χ2v) is 9.07. The smallest absolute Gasteiger partial charge is 0.165 e. The predicted molar refractivity (Wildman–Crippen MR) is 134 cm³/mol. The molecule has 1 aliphatic heterocycles. The molecule has 154 valence electrons. The van der Waals surface area contributed by atoms with Crippen LogP contribution in [0, 0.1) is 0 Å². The highest BCUT2D eigenvalue weighted by Gasteiger charge is 2.27. The molecule has 0 aromatic heterocycles. The lowest BCUT2D eigenvalue weighted by Crippen LogP contribution is -2.12. The first-order valence-electron chi connectivity index (χ1n) is 10.4. The maximum Gasteiger partial charge on any atom is 0.165 e. The summed E-state index contributed by atoms with van der Waals surface area (Å²) in [5, 5.41) is 3.06. The van der Waals surface area contributed by atoms with Crippen LogP contribution in [0.2, 0.25) is 5.02 Å². The third kappa shape index (κ3) is 3.31. The molecular formula is C28H18ClNOS. The number of benzene rings is 5. The van der Waals surface area contributed by atoms with Crippen molar-refractivity contribution in [3.8, 4) is 11.5 Å². The SMILES string of the molecule is Clc1cc2c(c(N(c3ccccc3)c3ccccc3)c1)Oc1ccc3ccccc3c1S2. The summed E-state index contributed by atoms with van der Waals surface area (Å²) in [7, 11) is 0. The van der Waals surface area contributed by atoms with E-state index in [9.17, 15) is 0 Å². The number of hydrogen-bond donors (Lipinski definition) is 0. The number of ether oxygens (including phenoxy) is 1. The third-order valence-electron chi connectivity index (χ3n) is 5.54. The summed E-state index contributed by atoms with van der Waals surface area (Å²) < 4.78 is 6.57. The molecule has 1 aliphatic rings. The van der Waals surface area contributed by atoms with Crippen LogP contribution >= 0.6 is 23.4 Å². The number of anilines is 3. The van der Waals surface area contributed by atoms with E-state index in [-0.39, 0.29) is 0 Å². The summed E-state index contributed by atoms with van der Waals surface area (Å²) in [5.74, 6) is 1.68. The van der Waals surface area contributed by atoms with Gasteiger partial charge in [0.1, 0.15) is 5.75 Å². The van der Waals surface area contributed by atoms with Gasteiger partial charge in [0.2, 0.25) is 0 Å². The van der Waals surface area contributed by atoms with Crippen LogP contribution in [0.15, 0.2) is 119 Å². The minimum absolute atomic E-state index is 0.676. The number of halogens is 1. The Balaban J connectivity index is 1.56. The Morgan fingerprint density at radius 2 is 1.34 bits per heavy atom. The molecule has 0 N–H and O–H groups in total. The van der Waals surface area contributed by atoms with Gasteiger partial charge in [-0.05, 0) is 53.2 Å². The lowest BCUT2D eigenvalue weighted by atomic mass is 10.1. The van der Waals surface area contributed by atoms with Crippen molar-refractivity contribution in [2.45, 2.75) is 9.79 Å². The first-order valence-corrected chi connectivity index (χ1v) is 11.6. The molecule has 0 atom stereocenters. The van der Waals surface area contributed by atoms with Gasteiger partial charge in [0, 0.05) is 16.4 Å². The van der Waals surface area contributed by atoms with Crippen LogP contribution in [0.5, 0.6) is 11.5 Å².